The van der Waals surface area contributed by atoms with E-state index in [1.54, 1.807) is 11.3 Å². The summed E-state index contributed by atoms with van der Waals surface area (Å²) in [6, 6.07) is 5.99. The van der Waals surface area contributed by atoms with Crippen LogP contribution in [0.5, 0.6) is 0 Å². The normalized spacial score (nSPS) is 10.4. The molecule has 88 valence electrons. The highest BCUT2D eigenvalue weighted by atomic mass is 32.1. The Morgan fingerprint density at radius 2 is 2.12 bits per heavy atom. The molecule has 0 spiro atoms. The van der Waals surface area contributed by atoms with Gasteiger partial charge in [0.25, 0.3) is 0 Å². The number of hydrogen-bond donors (Lipinski definition) is 0. The molecule has 2 rings (SSSR count). The average molecular weight is 245 g/mol. The third kappa shape index (κ3) is 3.49. The molecule has 0 aliphatic carbocycles. The number of rotatable bonds is 5. The lowest BCUT2D eigenvalue weighted by molar-refractivity contribution is -0.117. The summed E-state index contributed by atoms with van der Waals surface area (Å²) in [4.78, 5) is 16.1. The predicted octanol–water partition coefficient (Wildman–Crippen LogP) is 3.06. The number of aromatic nitrogens is 1. The van der Waals surface area contributed by atoms with Gasteiger partial charge in [0, 0.05) is 24.7 Å². The number of Topliss-reactive ketones (excluding diaryl/α,β-unsaturated/α-hetero) is 1. The maximum atomic E-state index is 11.8. The van der Waals surface area contributed by atoms with Crippen molar-refractivity contribution in [3.05, 3.63) is 52.0 Å². The monoisotopic (exact) mass is 245 g/mol. The third-order valence-corrected chi connectivity index (χ3v) is 3.39. The summed E-state index contributed by atoms with van der Waals surface area (Å²) in [6.07, 6.45) is 3.78. The largest absolute Gasteiger partial charge is 0.299 e. The lowest BCUT2D eigenvalue weighted by Gasteiger charge is -2.01. The molecular weight excluding hydrogens is 230 g/mol. The number of ketones is 1. The molecule has 0 N–H and O–H groups in total. The molecule has 2 nitrogen and oxygen atoms in total. The number of hydrogen-bond acceptors (Lipinski definition) is 3. The molecule has 0 aliphatic rings. The standard InChI is InChI=1S/C14H15NOS/c1-2-11-3-4-13(15-9-11)8-14(16)7-12-5-6-17-10-12/h3-6,9-10H,2,7-8H2,1H3. The second-order valence-electron chi connectivity index (χ2n) is 4.04. The zero-order chi connectivity index (χ0) is 12.1. The van der Waals surface area contributed by atoms with Gasteiger partial charge in [-0.25, -0.2) is 0 Å². The van der Waals surface area contributed by atoms with E-state index in [9.17, 15) is 4.79 Å². The van der Waals surface area contributed by atoms with Gasteiger partial charge >= 0.3 is 0 Å². The van der Waals surface area contributed by atoms with Crippen molar-refractivity contribution in [3.8, 4) is 0 Å². The Labute approximate surface area is 105 Å². The number of thiophene rings is 1. The fourth-order valence-corrected chi connectivity index (χ4v) is 2.32. The highest BCUT2D eigenvalue weighted by Gasteiger charge is 2.06. The van der Waals surface area contributed by atoms with E-state index in [2.05, 4.69) is 11.9 Å². The van der Waals surface area contributed by atoms with Gasteiger partial charge in [-0.2, -0.15) is 11.3 Å². The van der Waals surface area contributed by atoms with Gasteiger partial charge in [-0.1, -0.05) is 13.0 Å². The van der Waals surface area contributed by atoms with Crippen LogP contribution in [0.1, 0.15) is 23.7 Å². The van der Waals surface area contributed by atoms with Crippen LogP contribution < -0.4 is 0 Å². The Kier molecular flexibility index (Phi) is 4.04. The molecule has 0 fully saturated rings. The highest BCUT2D eigenvalue weighted by molar-refractivity contribution is 7.07. The number of nitrogens with zero attached hydrogens (tertiary/aromatic N) is 1. The van der Waals surface area contributed by atoms with E-state index in [0.29, 0.717) is 12.8 Å². The Hall–Kier alpha value is -1.48. The minimum Gasteiger partial charge on any atom is -0.299 e. The lowest BCUT2D eigenvalue weighted by Crippen LogP contribution is -2.07. The first-order valence-electron chi connectivity index (χ1n) is 5.74. The van der Waals surface area contributed by atoms with E-state index in [1.807, 2.05) is 35.2 Å². The Balaban J connectivity index is 1.93. The molecule has 0 saturated heterocycles. The fourth-order valence-electron chi connectivity index (χ4n) is 1.65. The van der Waals surface area contributed by atoms with Gasteiger partial charge in [0.2, 0.25) is 0 Å². The van der Waals surface area contributed by atoms with Crippen LogP contribution in [0.3, 0.4) is 0 Å². The third-order valence-electron chi connectivity index (χ3n) is 2.65. The number of pyridine rings is 1. The van der Waals surface area contributed by atoms with Crippen molar-refractivity contribution in [2.24, 2.45) is 0 Å². The highest BCUT2D eigenvalue weighted by Crippen LogP contribution is 2.09. The molecule has 0 saturated carbocycles. The fraction of sp³-hybridized carbons (Fsp3) is 0.286. The molecule has 0 aliphatic heterocycles. The number of aryl methyl sites for hydroxylation is 1. The SMILES string of the molecule is CCc1ccc(CC(=O)Cc2ccsc2)nc1. The van der Waals surface area contributed by atoms with E-state index in [1.165, 1.54) is 5.56 Å². The first-order valence-corrected chi connectivity index (χ1v) is 6.69. The van der Waals surface area contributed by atoms with Crippen molar-refractivity contribution in [2.45, 2.75) is 26.2 Å². The second kappa shape index (κ2) is 5.73. The van der Waals surface area contributed by atoms with Gasteiger partial charge in [-0.3, -0.25) is 9.78 Å². The minimum atomic E-state index is 0.222. The molecule has 3 heteroatoms. The molecule has 0 amide bonds. The summed E-state index contributed by atoms with van der Waals surface area (Å²) in [5.74, 6) is 0.222. The zero-order valence-corrected chi connectivity index (χ0v) is 10.7. The first kappa shape index (κ1) is 12.0. The first-order chi connectivity index (χ1) is 8.28. The summed E-state index contributed by atoms with van der Waals surface area (Å²) in [7, 11) is 0. The smallest absolute Gasteiger partial charge is 0.143 e. The van der Waals surface area contributed by atoms with Gasteiger partial charge < -0.3 is 0 Å². The Bertz CT molecular complexity index is 473. The lowest BCUT2D eigenvalue weighted by atomic mass is 10.1. The summed E-state index contributed by atoms with van der Waals surface area (Å²) in [5, 5.41) is 4.02. The molecule has 0 unspecified atom stereocenters. The minimum absolute atomic E-state index is 0.222. The Morgan fingerprint density at radius 1 is 1.24 bits per heavy atom. The van der Waals surface area contributed by atoms with Crippen LogP contribution in [0.25, 0.3) is 0 Å². The zero-order valence-electron chi connectivity index (χ0n) is 9.85. The maximum Gasteiger partial charge on any atom is 0.143 e. The van der Waals surface area contributed by atoms with Gasteiger partial charge in [0.15, 0.2) is 0 Å². The van der Waals surface area contributed by atoms with Crippen molar-refractivity contribution in [1.82, 2.24) is 4.98 Å². The number of carbonyl (C=O) groups excluding carboxylic acids is 1. The van der Waals surface area contributed by atoms with E-state index >= 15 is 0 Å². The van der Waals surface area contributed by atoms with Gasteiger partial charge in [-0.15, -0.1) is 0 Å². The van der Waals surface area contributed by atoms with Gasteiger partial charge in [0.05, 0.1) is 0 Å². The molecule has 0 bridgehead atoms. The van der Waals surface area contributed by atoms with E-state index in [-0.39, 0.29) is 5.78 Å². The summed E-state index contributed by atoms with van der Waals surface area (Å²) in [5.41, 5.74) is 3.17. The van der Waals surface area contributed by atoms with Crippen LogP contribution in [-0.2, 0) is 24.1 Å². The van der Waals surface area contributed by atoms with Crippen LogP contribution in [-0.4, -0.2) is 10.8 Å². The molecule has 2 heterocycles. The maximum absolute atomic E-state index is 11.8. The van der Waals surface area contributed by atoms with Crippen molar-refractivity contribution in [2.75, 3.05) is 0 Å². The van der Waals surface area contributed by atoms with Crippen LogP contribution in [0.4, 0.5) is 0 Å². The van der Waals surface area contributed by atoms with Crippen LogP contribution in [0, 0.1) is 0 Å². The molecular formula is C14H15NOS. The molecule has 0 atom stereocenters. The average Bonchev–Trinajstić information content (AvgIpc) is 2.82. The Morgan fingerprint density at radius 3 is 2.71 bits per heavy atom. The summed E-state index contributed by atoms with van der Waals surface area (Å²) in [6.45, 7) is 2.10. The van der Waals surface area contributed by atoms with Crippen molar-refractivity contribution >= 4 is 17.1 Å². The summed E-state index contributed by atoms with van der Waals surface area (Å²) < 4.78 is 0. The van der Waals surface area contributed by atoms with E-state index in [4.69, 9.17) is 0 Å². The van der Waals surface area contributed by atoms with Gasteiger partial charge in [0.1, 0.15) is 5.78 Å². The van der Waals surface area contributed by atoms with Crippen molar-refractivity contribution in [1.29, 1.82) is 0 Å². The van der Waals surface area contributed by atoms with E-state index in [0.717, 1.165) is 17.7 Å². The van der Waals surface area contributed by atoms with Crippen LogP contribution in [0.15, 0.2) is 35.2 Å². The summed E-state index contributed by atoms with van der Waals surface area (Å²) >= 11 is 1.62. The van der Waals surface area contributed by atoms with Crippen molar-refractivity contribution < 1.29 is 4.79 Å². The molecule has 0 radical (unpaired) electrons. The predicted molar refractivity (Wildman–Crippen MR) is 70.3 cm³/mol. The number of carbonyl (C=O) groups is 1. The van der Waals surface area contributed by atoms with E-state index < -0.39 is 0 Å². The molecule has 2 aromatic heterocycles. The molecule has 0 aromatic carbocycles. The van der Waals surface area contributed by atoms with Crippen LogP contribution >= 0.6 is 11.3 Å². The second-order valence-corrected chi connectivity index (χ2v) is 4.82. The topological polar surface area (TPSA) is 30.0 Å². The molecule has 17 heavy (non-hydrogen) atoms. The van der Waals surface area contributed by atoms with Gasteiger partial charge in [-0.05, 0) is 40.4 Å². The van der Waals surface area contributed by atoms with Crippen molar-refractivity contribution in [3.63, 3.8) is 0 Å². The van der Waals surface area contributed by atoms with Crippen LogP contribution in [0.2, 0.25) is 0 Å². The molecule has 2 aromatic rings. The quantitative estimate of drug-likeness (QED) is 0.810.